The zero-order valence-corrected chi connectivity index (χ0v) is 13.1. The Kier molecular flexibility index (Phi) is 5.81. The maximum absolute atomic E-state index is 10.7. The quantitative estimate of drug-likeness (QED) is 0.770. The fourth-order valence-corrected chi connectivity index (χ4v) is 3.49. The molecule has 0 amide bonds. The van der Waals surface area contributed by atoms with Crippen molar-refractivity contribution in [3.63, 3.8) is 0 Å². The molecule has 0 radical (unpaired) electrons. The van der Waals surface area contributed by atoms with E-state index in [4.69, 9.17) is 0 Å². The van der Waals surface area contributed by atoms with Crippen LogP contribution in [-0.4, -0.2) is 11.2 Å². The van der Waals surface area contributed by atoms with Gasteiger partial charge in [0.15, 0.2) is 0 Å². The van der Waals surface area contributed by atoms with Crippen molar-refractivity contribution in [1.82, 2.24) is 0 Å². The van der Waals surface area contributed by atoms with Crippen molar-refractivity contribution in [3.8, 4) is 0 Å². The van der Waals surface area contributed by atoms with Crippen LogP contribution in [0.3, 0.4) is 0 Å². The van der Waals surface area contributed by atoms with Gasteiger partial charge in [-0.1, -0.05) is 50.6 Å². The molecule has 0 aliphatic heterocycles. The molecule has 1 aromatic heterocycles. The molecule has 0 aliphatic rings. The van der Waals surface area contributed by atoms with Crippen LogP contribution >= 0.6 is 11.3 Å². The number of benzene rings is 1. The van der Waals surface area contributed by atoms with Gasteiger partial charge in [0.2, 0.25) is 0 Å². The largest absolute Gasteiger partial charge is 0.392 e. The fourth-order valence-electron chi connectivity index (χ4n) is 2.79. The molecule has 108 valence electrons. The van der Waals surface area contributed by atoms with Gasteiger partial charge < -0.3 is 5.11 Å². The van der Waals surface area contributed by atoms with E-state index in [1.54, 1.807) is 11.3 Å². The highest BCUT2D eigenvalue weighted by molar-refractivity contribution is 7.07. The fraction of sp³-hybridized carbons (Fsp3) is 0.444. The highest BCUT2D eigenvalue weighted by atomic mass is 32.1. The molecule has 2 rings (SSSR count). The first kappa shape index (κ1) is 15.3. The number of hydrogen-bond donors (Lipinski definition) is 1. The lowest BCUT2D eigenvalue weighted by atomic mass is 9.80. The summed E-state index contributed by atoms with van der Waals surface area (Å²) in [6.45, 7) is 4.44. The maximum atomic E-state index is 10.7. The Morgan fingerprint density at radius 2 is 1.90 bits per heavy atom. The van der Waals surface area contributed by atoms with E-state index in [1.807, 2.05) is 6.07 Å². The predicted molar refractivity (Wildman–Crippen MR) is 87.3 cm³/mol. The number of aliphatic hydroxyl groups is 1. The van der Waals surface area contributed by atoms with Gasteiger partial charge >= 0.3 is 0 Å². The molecule has 3 atom stereocenters. The number of rotatable bonds is 7. The Bertz CT molecular complexity index is 477. The third-order valence-electron chi connectivity index (χ3n) is 4.16. The van der Waals surface area contributed by atoms with Crippen LogP contribution in [0.15, 0.2) is 47.2 Å². The van der Waals surface area contributed by atoms with E-state index in [1.165, 1.54) is 11.1 Å². The van der Waals surface area contributed by atoms with Crippen LogP contribution < -0.4 is 0 Å². The SMILES string of the molecule is CCC(C)C(c1ccccc1)C(O)CCc1ccsc1. The molecule has 0 aliphatic carbocycles. The molecule has 1 aromatic carbocycles. The molecule has 1 nitrogen and oxygen atoms in total. The van der Waals surface area contributed by atoms with E-state index in [-0.39, 0.29) is 12.0 Å². The summed E-state index contributed by atoms with van der Waals surface area (Å²) in [7, 11) is 0. The molecule has 1 heterocycles. The summed E-state index contributed by atoms with van der Waals surface area (Å²) in [5.74, 6) is 0.731. The molecule has 20 heavy (non-hydrogen) atoms. The van der Waals surface area contributed by atoms with Gasteiger partial charge in [-0.05, 0) is 46.7 Å². The second-order valence-corrected chi connectivity index (χ2v) is 6.34. The van der Waals surface area contributed by atoms with Gasteiger partial charge in [-0.15, -0.1) is 0 Å². The topological polar surface area (TPSA) is 20.2 Å². The van der Waals surface area contributed by atoms with Crippen LogP contribution in [0.5, 0.6) is 0 Å². The van der Waals surface area contributed by atoms with E-state index in [9.17, 15) is 5.11 Å². The smallest absolute Gasteiger partial charge is 0.0614 e. The zero-order valence-electron chi connectivity index (χ0n) is 12.3. The van der Waals surface area contributed by atoms with Crippen molar-refractivity contribution in [2.24, 2.45) is 5.92 Å². The number of thiophene rings is 1. The first-order chi connectivity index (χ1) is 9.72. The summed E-state index contributed by atoms with van der Waals surface area (Å²) in [5.41, 5.74) is 2.60. The molecule has 0 fully saturated rings. The summed E-state index contributed by atoms with van der Waals surface area (Å²) in [5, 5.41) is 14.9. The molecule has 0 spiro atoms. The summed E-state index contributed by atoms with van der Waals surface area (Å²) in [6.07, 6.45) is 2.62. The minimum atomic E-state index is -0.271. The third kappa shape index (κ3) is 3.94. The van der Waals surface area contributed by atoms with Crippen LogP contribution in [0, 0.1) is 5.92 Å². The number of aryl methyl sites for hydroxylation is 1. The first-order valence-electron chi connectivity index (χ1n) is 7.46. The molecule has 2 heteroatoms. The van der Waals surface area contributed by atoms with E-state index in [2.05, 4.69) is 54.9 Å². The lowest BCUT2D eigenvalue weighted by Crippen LogP contribution is -2.25. The summed E-state index contributed by atoms with van der Waals surface area (Å²) in [6, 6.07) is 12.6. The van der Waals surface area contributed by atoms with Crippen LogP contribution in [0.1, 0.15) is 43.7 Å². The second-order valence-electron chi connectivity index (χ2n) is 5.56. The highest BCUT2D eigenvalue weighted by Gasteiger charge is 2.25. The average Bonchev–Trinajstić information content (AvgIpc) is 2.99. The van der Waals surface area contributed by atoms with Gasteiger partial charge in [0.05, 0.1) is 6.10 Å². The summed E-state index contributed by atoms with van der Waals surface area (Å²) >= 11 is 1.73. The molecule has 0 bridgehead atoms. The van der Waals surface area contributed by atoms with Gasteiger partial charge in [0, 0.05) is 5.92 Å². The zero-order chi connectivity index (χ0) is 14.4. The lowest BCUT2D eigenvalue weighted by Gasteiger charge is -2.28. The van der Waals surface area contributed by atoms with Gasteiger partial charge in [0.25, 0.3) is 0 Å². The van der Waals surface area contributed by atoms with E-state index in [0.717, 1.165) is 19.3 Å². The molecule has 3 unspecified atom stereocenters. The molecule has 0 saturated heterocycles. The van der Waals surface area contributed by atoms with E-state index < -0.39 is 0 Å². The molecule has 1 N–H and O–H groups in total. The van der Waals surface area contributed by atoms with Gasteiger partial charge in [-0.2, -0.15) is 11.3 Å². The van der Waals surface area contributed by atoms with Crippen molar-refractivity contribution < 1.29 is 5.11 Å². The third-order valence-corrected chi connectivity index (χ3v) is 4.90. The van der Waals surface area contributed by atoms with E-state index in [0.29, 0.717) is 5.92 Å². The average molecular weight is 288 g/mol. The minimum Gasteiger partial charge on any atom is -0.392 e. The molecular weight excluding hydrogens is 264 g/mol. The van der Waals surface area contributed by atoms with Crippen LogP contribution in [-0.2, 0) is 6.42 Å². The molecule has 0 saturated carbocycles. The van der Waals surface area contributed by atoms with Crippen molar-refractivity contribution in [3.05, 3.63) is 58.3 Å². The van der Waals surface area contributed by atoms with Crippen LogP contribution in [0.25, 0.3) is 0 Å². The minimum absolute atomic E-state index is 0.236. The Hall–Kier alpha value is -1.12. The monoisotopic (exact) mass is 288 g/mol. The van der Waals surface area contributed by atoms with E-state index >= 15 is 0 Å². The molecular formula is C18H24OS. The summed E-state index contributed by atoms with van der Waals surface area (Å²) in [4.78, 5) is 0. The van der Waals surface area contributed by atoms with Crippen molar-refractivity contribution in [1.29, 1.82) is 0 Å². The number of aliphatic hydroxyl groups excluding tert-OH is 1. The number of hydrogen-bond acceptors (Lipinski definition) is 2. The van der Waals surface area contributed by atoms with Crippen molar-refractivity contribution in [2.45, 2.75) is 45.1 Å². The maximum Gasteiger partial charge on any atom is 0.0614 e. The normalized spacial score (nSPS) is 15.8. The molecule has 2 aromatic rings. The Morgan fingerprint density at radius 3 is 2.50 bits per heavy atom. The lowest BCUT2D eigenvalue weighted by molar-refractivity contribution is 0.109. The predicted octanol–water partition coefficient (Wildman–Crippen LogP) is 4.87. The summed E-state index contributed by atoms with van der Waals surface area (Å²) < 4.78 is 0. The Balaban J connectivity index is 2.06. The van der Waals surface area contributed by atoms with Crippen molar-refractivity contribution in [2.75, 3.05) is 0 Å². The van der Waals surface area contributed by atoms with Crippen molar-refractivity contribution >= 4 is 11.3 Å². The standard InChI is InChI=1S/C18H24OS/c1-3-14(2)18(16-7-5-4-6-8-16)17(19)10-9-15-11-12-20-13-15/h4-8,11-14,17-19H,3,9-10H2,1-2H3. The Morgan fingerprint density at radius 1 is 1.15 bits per heavy atom. The first-order valence-corrected chi connectivity index (χ1v) is 8.40. The Labute approximate surface area is 126 Å². The van der Waals surface area contributed by atoms with Crippen LogP contribution in [0.2, 0.25) is 0 Å². The highest BCUT2D eigenvalue weighted by Crippen LogP contribution is 2.32. The van der Waals surface area contributed by atoms with Gasteiger partial charge in [0.1, 0.15) is 0 Å². The van der Waals surface area contributed by atoms with Gasteiger partial charge in [-0.3, -0.25) is 0 Å². The van der Waals surface area contributed by atoms with Gasteiger partial charge in [-0.25, -0.2) is 0 Å². The second kappa shape index (κ2) is 7.61. The van der Waals surface area contributed by atoms with Crippen LogP contribution in [0.4, 0.5) is 0 Å².